The number of hydrogen-bond acceptors (Lipinski definition) is 3. The summed E-state index contributed by atoms with van der Waals surface area (Å²) in [6.45, 7) is 5.05. The molecule has 0 saturated carbocycles. The van der Waals surface area contributed by atoms with Crippen molar-refractivity contribution in [3.8, 4) is 0 Å². The lowest BCUT2D eigenvalue weighted by molar-refractivity contribution is 0.578. The molecule has 19 heavy (non-hydrogen) atoms. The maximum atomic E-state index is 11.9. The van der Waals surface area contributed by atoms with E-state index in [2.05, 4.69) is 10.0 Å². The van der Waals surface area contributed by atoms with Crippen LogP contribution in [0.4, 0.5) is 11.4 Å². The number of benzene rings is 1. The molecule has 0 amide bonds. The number of nitrogens with one attached hydrogen (secondary N) is 2. The molecule has 0 atom stereocenters. The fourth-order valence-electron chi connectivity index (χ4n) is 2.16. The van der Waals surface area contributed by atoms with Crippen molar-refractivity contribution in [1.29, 1.82) is 0 Å². The summed E-state index contributed by atoms with van der Waals surface area (Å²) in [6, 6.07) is 5.72. The quantitative estimate of drug-likeness (QED) is 0.873. The second-order valence-electron chi connectivity index (χ2n) is 5.51. The van der Waals surface area contributed by atoms with Gasteiger partial charge in [0, 0.05) is 17.9 Å². The number of aryl methyl sites for hydroxylation is 1. The minimum atomic E-state index is -3.23. The highest BCUT2D eigenvalue weighted by atomic mass is 32.2. The van der Waals surface area contributed by atoms with E-state index in [1.54, 1.807) is 0 Å². The van der Waals surface area contributed by atoms with Gasteiger partial charge in [-0.2, -0.15) is 0 Å². The molecule has 0 aliphatic carbocycles. The van der Waals surface area contributed by atoms with Crippen molar-refractivity contribution in [2.24, 2.45) is 5.92 Å². The number of anilines is 2. The zero-order valence-electron chi connectivity index (χ0n) is 11.6. The van der Waals surface area contributed by atoms with Crippen molar-refractivity contribution in [1.82, 2.24) is 0 Å². The van der Waals surface area contributed by atoms with Gasteiger partial charge < -0.3 is 5.32 Å². The van der Waals surface area contributed by atoms with Gasteiger partial charge in [0.25, 0.3) is 0 Å². The highest BCUT2D eigenvalue weighted by molar-refractivity contribution is 7.92. The molecule has 5 heteroatoms. The van der Waals surface area contributed by atoms with Crippen LogP contribution in [0.15, 0.2) is 18.2 Å². The fraction of sp³-hybridized carbons (Fsp3) is 0.571. The lowest BCUT2D eigenvalue weighted by Crippen LogP contribution is -2.18. The summed E-state index contributed by atoms with van der Waals surface area (Å²) in [5, 5.41) is 3.32. The first-order valence-electron chi connectivity index (χ1n) is 6.83. The molecule has 0 unspecified atom stereocenters. The van der Waals surface area contributed by atoms with Crippen LogP contribution in [0.2, 0.25) is 0 Å². The zero-order chi connectivity index (χ0) is 13.9. The minimum absolute atomic E-state index is 0.181. The molecule has 0 fully saturated rings. The van der Waals surface area contributed by atoms with Crippen LogP contribution < -0.4 is 10.0 Å². The monoisotopic (exact) mass is 282 g/mol. The molecular weight excluding hydrogens is 260 g/mol. The fourth-order valence-corrected chi connectivity index (χ4v) is 3.53. The normalized spacial score (nSPS) is 14.9. The minimum Gasteiger partial charge on any atom is -0.385 e. The summed E-state index contributed by atoms with van der Waals surface area (Å²) >= 11 is 0. The molecule has 2 rings (SSSR count). The smallest absolute Gasteiger partial charge is 0.232 e. The lowest BCUT2D eigenvalue weighted by atomic mass is 10.0. The first-order valence-corrected chi connectivity index (χ1v) is 8.49. The van der Waals surface area contributed by atoms with E-state index >= 15 is 0 Å². The Hall–Kier alpha value is -1.23. The number of fused-ring (bicyclic) bond motifs is 1. The first kappa shape index (κ1) is 14.2. The van der Waals surface area contributed by atoms with Crippen LogP contribution in [-0.4, -0.2) is 20.7 Å². The predicted molar refractivity (Wildman–Crippen MR) is 80.1 cm³/mol. The molecule has 0 bridgehead atoms. The Balaban J connectivity index is 2.06. The van der Waals surface area contributed by atoms with Crippen LogP contribution in [0.3, 0.4) is 0 Å². The molecule has 1 aromatic carbocycles. The van der Waals surface area contributed by atoms with Gasteiger partial charge >= 0.3 is 0 Å². The summed E-state index contributed by atoms with van der Waals surface area (Å²) in [5.74, 6) is 0.573. The van der Waals surface area contributed by atoms with Gasteiger partial charge in [0.15, 0.2) is 0 Å². The molecular formula is C14H22N2O2S. The van der Waals surface area contributed by atoms with E-state index in [4.69, 9.17) is 0 Å². The van der Waals surface area contributed by atoms with Crippen molar-refractivity contribution in [3.63, 3.8) is 0 Å². The van der Waals surface area contributed by atoms with Crippen LogP contribution in [0.25, 0.3) is 0 Å². The third-order valence-corrected chi connectivity index (χ3v) is 4.60. The number of rotatable bonds is 5. The van der Waals surface area contributed by atoms with E-state index in [1.807, 2.05) is 32.0 Å². The summed E-state index contributed by atoms with van der Waals surface area (Å²) in [6.07, 6.45) is 2.78. The maximum Gasteiger partial charge on any atom is 0.232 e. The number of hydrogen-bond donors (Lipinski definition) is 2. The summed E-state index contributed by atoms with van der Waals surface area (Å²) < 4.78 is 26.6. The predicted octanol–water partition coefficient (Wildman–Crippen LogP) is 2.83. The standard InChI is InChI=1S/C14H22N2O2S/c1-11(2)7-9-19(17,18)16-13-5-6-14-12(10-13)4-3-8-15-14/h5-6,10-11,15-16H,3-4,7-9H2,1-2H3. The largest absolute Gasteiger partial charge is 0.385 e. The second kappa shape index (κ2) is 5.82. The topological polar surface area (TPSA) is 58.2 Å². The molecule has 4 nitrogen and oxygen atoms in total. The zero-order valence-corrected chi connectivity index (χ0v) is 12.4. The lowest BCUT2D eigenvalue weighted by Gasteiger charge is -2.19. The summed E-state index contributed by atoms with van der Waals surface area (Å²) in [4.78, 5) is 0. The van der Waals surface area contributed by atoms with E-state index in [9.17, 15) is 8.42 Å². The SMILES string of the molecule is CC(C)CCS(=O)(=O)Nc1ccc2c(c1)CCCN2. The van der Waals surface area contributed by atoms with Gasteiger partial charge in [0.1, 0.15) is 0 Å². The van der Waals surface area contributed by atoms with Crippen LogP contribution in [0, 0.1) is 5.92 Å². The molecule has 106 valence electrons. The second-order valence-corrected chi connectivity index (χ2v) is 7.35. The molecule has 1 aliphatic rings. The van der Waals surface area contributed by atoms with Crippen LogP contribution in [-0.2, 0) is 16.4 Å². The highest BCUT2D eigenvalue weighted by Gasteiger charge is 2.14. The van der Waals surface area contributed by atoms with Gasteiger partial charge in [-0.1, -0.05) is 13.8 Å². The van der Waals surface area contributed by atoms with Crippen molar-refractivity contribution in [2.75, 3.05) is 22.3 Å². The van der Waals surface area contributed by atoms with E-state index in [0.29, 0.717) is 18.0 Å². The average Bonchev–Trinajstić information content (AvgIpc) is 2.36. The van der Waals surface area contributed by atoms with Gasteiger partial charge in [0.05, 0.1) is 5.75 Å². The van der Waals surface area contributed by atoms with Gasteiger partial charge in [0.2, 0.25) is 10.0 Å². The van der Waals surface area contributed by atoms with E-state index < -0.39 is 10.0 Å². The molecule has 1 aliphatic heterocycles. The number of sulfonamides is 1. The summed E-state index contributed by atoms with van der Waals surface area (Å²) in [5.41, 5.74) is 2.98. The highest BCUT2D eigenvalue weighted by Crippen LogP contribution is 2.25. The van der Waals surface area contributed by atoms with E-state index in [0.717, 1.165) is 25.1 Å². The van der Waals surface area contributed by atoms with Crippen LogP contribution >= 0.6 is 0 Å². The van der Waals surface area contributed by atoms with Crippen LogP contribution in [0.1, 0.15) is 32.3 Å². The third kappa shape index (κ3) is 4.13. The van der Waals surface area contributed by atoms with Crippen molar-refractivity contribution < 1.29 is 8.42 Å². The van der Waals surface area contributed by atoms with Crippen LogP contribution in [0.5, 0.6) is 0 Å². The molecule has 0 radical (unpaired) electrons. The Morgan fingerprint density at radius 2 is 2.16 bits per heavy atom. The van der Waals surface area contributed by atoms with Gasteiger partial charge in [-0.3, -0.25) is 4.72 Å². The Morgan fingerprint density at radius 1 is 1.37 bits per heavy atom. The molecule has 0 saturated heterocycles. The third-order valence-electron chi connectivity index (χ3n) is 3.28. The molecule has 1 aromatic rings. The summed E-state index contributed by atoms with van der Waals surface area (Å²) in [7, 11) is -3.23. The average molecular weight is 282 g/mol. The molecule has 2 N–H and O–H groups in total. The first-order chi connectivity index (χ1) is 8.96. The van der Waals surface area contributed by atoms with E-state index in [-0.39, 0.29) is 5.75 Å². The Labute approximate surface area is 115 Å². The Morgan fingerprint density at radius 3 is 2.89 bits per heavy atom. The molecule has 0 aromatic heterocycles. The van der Waals surface area contributed by atoms with Crippen molar-refractivity contribution >= 4 is 21.4 Å². The molecule has 1 heterocycles. The maximum absolute atomic E-state index is 11.9. The molecule has 0 spiro atoms. The van der Waals surface area contributed by atoms with Gasteiger partial charge in [-0.05, 0) is 48.9 Å². The van der Waals surface area contributed by atoms with Gasteiger partial charge in [-0.25, -0.2) is 8.42 Å². The Kier molecular flexibility index (Phi) is 4.34. The Bertz CT molecular complexity index is 538. The van der Waals surface area contributed by atoms with Gasteiger partial charge in [-0.15, -0.1) is 0 Å². The van der Waals surface area contributed by atoms with Crippen molar-refractivity contribution in [3.05, 3.63) is 23.8 Å². The van der Waals surface area contributed by atoms with Crippen molar-refractivity contribution in [2.45, 2.75) is 33.1 Å². The van der Waals surface area contributed by atoms with E-state index in [1.165, 1.54) is 5.56 Å².